The normalized spacial score (nSPS) is 19.6. The van der Waals surface area contributed by atoms with Crippen molar-refractivity contribution in [1.29, 1.82) is 0 Å². The van der Waals surface area contributed by atoms with E-state index in [1.807, 2.05) is 13.8 Å². The zero-order chi connectivity index (χ0) is 15.3. The van der Waals surface area contributed by atoms with Crippen molar-refractivity contribution < 1.29 is 19.2 Å². The van der Waals surface area contributed by atoms with E-state index in [4.69, 9.17) is 5.73 Å². The molecule has 3 N–H and O–H groups in total. The lowest BCUT2D eigenvalue weighted by atomic mass is 10.1. The Bertz CT molecular complexity index is 388. The molecule has 112 valence electrons. The number of carbonyl (C=O) groups excluding carboxylic acids is 4. The van der Waals surface area contributed by atoms with Crippen molar-refractivity contribution in [3.8, 4) is 0 Å². The molecule has 0 spiro atoms. The van der Waals surface area contributed by atoms with Crippen LogP contribution in [0, 0.1) is 0 Å². The number of primary amides is 1. The van der Waals surface area contributed by atoms with Gasteiger partial charge in [0, 0.05) is 12.1 Å². The topological polar surface area (TPSA) is 113 Å². The standard InChI is InChI=1S/C12H20N4O4/c1-8(15(3-4-17)5-10(13)18)9(2)16-6-11(19)14-12(20)7-16/h4,8-9H,3,5-7H2,1-2H3,(H2,13,18)(H,14,19,20). The number of nitrogens with two attached hydrogens (primary N) is 1. The van der Waals surface area contributed by atoms with E-state index in [2.05, 4.69) is 5.32 Å². The highest BCUT2D eigenvalue weighted by Crippen LogP contribution is 2.12. The van der Waals surface area contributed by atoms with Crippen molar-refractivity contribution in [3.63, 3.8) is 0 Å². The summed E-state index contributed by atoms with van der Waals surface area (Å²) in [7, 11) is 0. The maximum Gasteiger partial charge on any atom is 0.240 e. The molecule has 0 aromatic rings. The fourth-order valence-electron chi connectivity index (χ4n) is 2.23. The van der Waals surface area contributed by atoms with Gasteiger partial charge in [-0.2, -0.15) is 0 Å². The van der Waals surface area contributed by atoms with E-state index in [1.165, 1.54) is 0 Å². The van der Waals surface area contributed by atoms with Crippen molar-refractivity contribution in [2.45, 2.75) is 25.9 Å². The van der Waals surface area contributed by atoms with Gasteiger partial charge in [0.15, 0.2) is 0 Å². The molecule has 1 heterocycles. The number of imide groups is 1. The molecule has 1 saturated heterocycles. The Kier molecular flexibility index (Phi) is 5.78. The third-order valence-electron chi connectivity index (χ3n) is 3.49. The molecule has 1 aliphatic rings. The summed E-state index contributed by atoms with van der Waals surface area (Å²) in [4.78, 5) is 47.8. The second-order valence-electron chi connectivity index (χ2n) is 4.92. The fraction of sp³-hybridized carbons (Fsp3) is 0.667. The Hall–Kier alpha value is -1.80. The third kappa shape index (κ3) is 4.39. The summed E-state index contributed by atoms with van der Waals surface area (Å²) in [5, 5.41) is 2.23. The number of piperazine rings is 1. The lowest BCUT2D eigenvalue weighted by molar-refractivity contribution is -0.138. The van der Waals surface area contributed by atoms with E-state index < -0.39 is 5.91 Å². The number of rotatable bonds is 7. The average molecular weight is 284 g/mol. The molecule has 1 fully saturated rings. The lowest BCUT2D eigenvalue weighted by Crippen LogP contribution is -2.59. The summed E-state index contributed by atoms with van der Waals surface area (Å²) < 4.78 is 0. The van der Waals surface area contributed by atoms with Gasteiger partial charge in [-0.25, -0.2) is 0 Å². The van der Waals surface area contributed by atoms with E-state index in [1.54, 1.807) is 9.80 Å². The number of hydrogen-bond donors (Lipinski definition) is 2. The van der Waals surface area contributed by atoms with Crippen molar-refractivity contribution in [2.24, 2.45) is 5.73 Å². The van der Waals surface area contributed by atoms with Gasteiger partial charge in [0.1, 0.15) is 6.29 Å². The second kappa shape index (κ2) is 7.11. The van der Waals surface area contributed by atoms with Gasteiger partial charge >= 0.3 is 0 Å². The number of carbonyl (C=O) groups is 4. The molecule has 0 aromatic carbocycles. The quantitative estimate of drug-likeness (QED) is 0.402. The Morgan fingerprint density at radius 1 is 1.40 bits per heavy atom. The van der Waals surface area contributed by atoms with Gasteiger partial charge in [0.25, 0.3) is 0 Å². The molecular formula is C12H20N4O4. The van der Waals surface area contributed by atoms with Crippen LogP contribution in [0.4, 0.5) is 0 Å². The van der Waals surface area contributed by atoms with Gasteiger partial charge in [-0.05, 0) is 13.8 Å². The molecular weight excluding hydrogens is 264 g/mol. The van der Waals surface area contributed by atoms with Gasteiger partial charge in [-0.15, -0.1) is 0 Å². The first-order valence-electron chi connectivity index (χ1n) is 6.38. The van der Waals surface area contributed by atoms with Crippen molar-refractivity contribution in [1.82, 2.24) is 15.1 Å². The maximum absolute atomic E-state index is 11.4. The number of amides is 3. The number of hydrogen-bond acceptors (Lipinski definition) is 6. The lowest BCUT2D eigenvalue weighted by Gasteiger charge is -2.38. The van der Waals surface area contributed by atoms with Crippen LogP contribution >= 0.6 is 0 Å². The van der Waals surface area contributed by atoms with Gasteiger partial charge in [-0.1, -0.05) is 0 Å². The maximum atomic E-state index is 11.4. The highest BCUT2D eigenvalue weighted by Gasteiger charge is 2.31. The minimum atomic E-state index is -0.529. The Morgan fingerprint density at radius 2 is 1.95 bits per heavy atom. The van der Waals surface area contributed by atoms with E-state index in [9.17, 15) is 19.2 Å². The van der Waals surface area contributed by atoms with Crippen molar-refractivity contribution >= 4 is 24.0 Å². The Balaban J connectivity index is 2.73. The summed E-state index contributed by atoms with van der Waals surface area (Å²) in [6, 6.07) is -0.379. The summed E-state index contributed by atoms with van der Waals surface area (Å²) >= 11 is 0. The van der Waals surface area contributed by atoms with Crippen LogP contribution in [0.1, 0.15) is 13.8 Å². The first-order valence-corrected chi connectivity index (χ1v) is 6.38. The van der Waals surface area contributed by atoms with Crippen LogP contribution in [-0.2, 0) is 19.2 Å². The molecule has 0 radical (unpaired) electrons. The zero-order valence-electron chi connectivity index (χ0n) is 11.7. The molecule has 3 amide bonds. The average Bonchev–Trinajstić information content (AvgIpc) is 2.34. The summed E-state index contributed by atoms with van der Waals surface area (Å²) in [5.74, 6) is -1.23. The van der Waals surface area contributed by atoms with Gasteiger partial charge in [0.05, 0.1) is 26.2 Å². The van der Waals surface area contributed by atoms with E-state index in [0.717, 1.165) is 0 Å². The summed E-state index contributed by atoms with van der Waals surface area (Å²) in [6.07, 6.45) is 0.695. The molecule has 2 atom stereocenters. The second-order valence-corrected chi connectivity index (χ2v) is 4.92. The summed E-state index contributed by atoms with van der Waals surface area (Å²) in [5.41, 5.74) is 5.16. The van der Waals surface area contributed by atoms with Gasteiger partial charge < -0.3 is 10.5 Å². The van der Waals surface area contributed by atoms with Crippen LogP contribution in [0.2, 0.25) is 0 Å². The molecule has 8 nitrogen and oxygen atoms in total. The van der Waals surface area contributed by atoms with Crippen LogP contribution in [0.25, 0.3) is 0 Å². The number of nitrogens with one attached hydrogen (secondary N) is 1. The molecule has 20 heavy (non-hydrogen) atoms. The van der Waals surface area contributed by atoms with Crippen LogP contribution in [-0.4, -0.2) is 72.1 Å². The third-order valence-corrected chi connectivity index (χ3v) is 3.49. The van der Waals surface area contributed by atoms with E-state index in [0.29, 0.717) is 6.29 Å². The highest BCUT2D eigenvalue weighted by atomic mass is 16.2. The Labute approximate surface area is 117 Å². The predicted molar refractivity (Wildman–Crippen MR) is 70.5 cm³/mol. The predicted octanol–water partition coefficient (Wildman–Crippen LogP) is -2.29. The number of nitrogens with zero attached hydrogens (tertiary/aromatic N) is 2. The molecule has 1 rings (SSSR count). The first-order chi connectivity index (χ1) is 9.35. The molecule has 0 saturated carbocycles. The number of aldehydes is 1. The first kappa shape index (κ1) is 16.3. The van der Waals surface area contributed by atoms with Crippen LogP contribution in [0.15, 0.2) is 0 Å². The SMILES string of the molecule is CC(C(C)N1CC(=O)NC(=O)C1)N(CC=O)CC(N)=O. The van der Waals surface area contributed by atoms with Crippen LogP contribution in [0.3, 0.4) is 0 Å². The van der Waals surface area contributed by atoms with E-state index in [-0.39, 0.29) is 50.1 Å². The van der Waals surface area contributed by atoms with Crippen molar-refractivity contribution in [3.05, 3.63) is 0 Å². The highest BCUT2D eigenvalue weighted by molar-refractivity contribution is 5.99. The van der Waals surface area contributed by atoms with E-state index >= 15 is 0 Å². The molecule has 8 heteroatoms. The molecule has 1 aliphatic heterocycles. The minimum Gasteiger partial charge on any atom is -0.369 e. The molecule has 2 unspecified atom stereocenters. The zero-order valence-corrected chi connectivity index (χ0v) is 11.7. The van der Waals surface area contributed by atoms with Gasteiger partial charge in [0.2, 0.25) is 17.7 Å². The molecule has 0 bridgehead atoms. The smallest absolute Gasteiger partial charge is 0.240 e. The summed E-state index contributed by atoms with van der Waals surface area (Å²) in [6.45, 7) is 3.93. The Morgan fingerprint density at radius 3 is 2.40 bits per heavy atom. The van der Waals surface area contributed by atoms with Crippen LogP contribution < -0.4 is 11.1 Å². The van der Waals surface area contributed by atoms with Crippen molar-refractivity contribution in [2.75, 3.05) is 26.2 Å². The fourth-order valence-corrected chi connectivity index (χ4v) is 2.23. The molecule has 0 aliphatic carbocycles. The molecule has 0 aromatic heterocycles. The minimum absolute atomic E-state index is 0.0434. The largest absolute Gasteiger partial charge is 0.369 e. The monoisotopic (exact) mass is 284 g/mol. The van der Waals surface area contributed by atoms with Crippen LogP contribution in [0.5, 0.6) is 0 Å². The van der Waals surface area contributed by atoms with Gasteiger partial charge in [-0.3, -0.25) is 29.5 Å².